The zero-order valence-electron chi connectivity index (χ0n) is 22.4. The Labute approximate surface area is 225 Å². The molecule has 1 aliphatic carbocycles. The molecule has 37 heavy (non-hydrogen) atoms. The third-order valence-corrected chi connectivity index (χ3v) is 8.84. The fourth-order valence-electron chi connectivity index (χ4n) is 5.67. The Balaban J connectivity index is 1.36. The highest BCUT2D eigenvalue weighted by atomic mass is 32.1. The maximum atomic E-state index is 13.9. The zero-order chi connectivity index (χ0) is 26.2. The van der Waals surface area contributed by atoms with Crippen LogP contribution in [0.3, 0.4) is 0 Å². The zero-order valence-corrected chi connectivity index (χ0v) is 23.3. The largest absolute Gasteiger partial charge is 0.333 e. The van der Waals surface area contributed by atoms with Gasteiger partial charge in [0.15, 0.2) is 0 Å². The van der Waals surface area contributed by atoms with Crippen molar-refractivity contribution < 1.29 is 9.59 Å². The fourth-order valence-corrected chi connectivity index (χ4v) is 6.58. The smallest absolute Gasteiger partial charge is 0.242 e. The van der Waals surface area contributed by atoms with Gasteiger partial charge < -0.3 is 9.80 Å². The summed E-state index contributed by atoms with van der Waals surface area (Å²) < 4.78 is 0. The third-order valence-electron chi connectivity index (χ3n) is 7.85. The fraction of sp³-hybridized carbons (Fsp3) is 0.438. The number of carbonyl (C=O) groups excluding carboxylic acids is 2. The molecule has 1 fully saturated rings. The number of fused-ring (bicyclic) bond motifs is 1. The molecule has 3 unspecified atom stereocenters. The van der Waals surface area contributed by atoms with E-state index in [4.69, 9.17) is 0 Å². The number of carbonyl (C=O) groups is 2. The molecular weight excluding hydrogens is 476 g/mol. The minimum absolute atomic E-state index is 0.00711. The second kappa shape index (κ2) is 10.4. The van der Waals surface area contributed by atoms with E-state index in [9.17, 15) is 9.59 Å². The lowest BCUT2D eigenvalue weighted by Crippen LogP contribution is -2.47. The number of benzene rings is 2. The Morgan fingerprint density at radius 3 is 2.41 bits per heavy atom. The number of hydrogen-bond donors (Lipinski definition) is 0. The van der Waals surface area contributed by atoms with E-state index >= 15 is 0 Å². The van der Waals surface area contributed by atoms with Gasteiger partial charge in [-0.1, -0.05) is 82.3 Å². The van der Waals surface area contributed by atoms with Crippen molar-refractivity contribution in [3.63, 3.8) is 0 Å². The molecule has 1 saturated carbocycles. The van der Waals surface area contributed by atoms with E-state index in [1.807, 2.05) is 28.0 Å². The highest BCUT2D eigenvalue weighted by Crippen LogP contribution is 2.48. The van der Waals surface area contributed by atoms with Gasteiger partial charge in [-0.05, 0) is 64.3 Å². The molecule has 0 radical (unpaired) electrons. The van der Waals surface area contributed by atoms with Crippen LogP contribution in [0.5, 0.6) is 0 Å². The van der Waals surface area contributed by atoms with Crippen LogP contribution in [0.15, 0.2) is 66.0 Å². The SMILES string of the molecule is CCCN(CC(=O)N1CCc2sccc2C1c1ccc(C(C)(C)C)cc1)C(=O)C1CC1c1ccccc1. The molecule has 1 aliphatic heterocycles. The Hall–Kier alpha value is -2.92. The van der Waals surface area contributed by atoms with Crippen molar-refractivity contribution in [3.05, 3.63) is 93.2 Å². The normalized spacial score (nSPS) is 20.9. The van der Waals surface area contributed by atoms with Crippen molar-refractivity contribution in [2.45, 2.75) is 64.3 Å². The minimum Gasteiger partial charge on any atom is -0.333 e. The average molecular weight is 515 g/mol. The van der Waals surface area contributed by atoms with Crippen molar-refractivity contribution in [3.8, 4) is 0 Å². The van der Waals surface area contributed by atoms with Crippen LogP contribution in [0, 0.1) is 5.92 Å². The molecular formula is C32H38N2O2S. The highest BCUT2D eigenvalue weighted by Gasteiger charge is 2.46. The van der Waals surface area contributed by atoms with Crippen molar-refractivity contribution in [1.29, 1.82) is 0 Å². The molecule has 0 spiro atoms. The molecule has 3 atom stereocenters. The molecule has 2 aromatic carbocycles. The average Bonchev–Trinajstić information content (AvgIpc) is 3.55. The van der Waals surface area contributed by atoms with Gasteiger partial charge in [-0.3, -0.25) is 9.59 Å². The summed E-state index contributed by atoms with van der Waals surface area (Å²) in [7, 11) is 0. The molecule has 5 rings (SSSR count). The highest BCUT2D eigenvalue weighted by molar-refractivity contribution is 7.10. The summed E-state index contributed by atoms with van der Waals surface area (Å²) in [6.07, 6.45) is 2.59. The van der Waals surface area contributed by atoms with E-state index in [2.05, 4.69) is 75.5 Å². The Kier molecular flexibility index (Phi) is 7.26. The van der Waals surface area contributed by atoms with Crippen molar-refractivity contribution >= 4 is 23.2 Å². The maximum absolute atomic E-state index is 13.9. The predicted octanol–water partition coefficient (Wildman–Crippen LogP) is 6.56. The van der Waals surface area contributed by atoms with Crippen molar-refractivity contribution in [2.75, 3.05) is 19.6 Å². The van der Waals surface area contributed by atoms with Crippen LogP contribution in [0.1, 0.15) is 79.6 Å². The van der Waals surface area contributed by atoms with Crippen LogP contribution in [0.4, 0.5) is 0 Å². The first kappa shape index (κ1) is 25.7. The van der Waals surface area contributed by atoms with Crippen LogP contribution < -0.4 is 0 Å². The summed E-state index contributed by atoms with van der Waals surface area (Å²) in [5.41, 5.74) is 4.96. The Bertz CT molecular complexity index is 1240. The quantitative estimate of drug-likeness (QED) is 0.358. The number of thiophene rings is 1. The first-order valence-electron chi connectivity index (χ1n) is 13.6. The van der Waals surface area contributed by atoms with Gasteiger partial charge in [0.2, 0.25) is 11.8 Å². The summed E-state index contributed by atoms with van der Waals surface area (Å²) in [6, 6.07) is 21.1. The van der Waals surface area contributed by atoms with E-state index in [0.29, 0.717) is 13.1 Å². The Morgan fingerprint density at radius 2 is 1.73 bits per heavy atom. The molecule has 0 bridgehead atoms. The summed E-state index contributed by atoms with van der Waals surface area (Å²) in [5.74, 6) is 0.441. The molecule has 2 heterocycles. The molecule has 0 N–H and O–H groups in total. The molecule has 2 aliphatic rings. The summed E-state index contributed by atoms with van der Waals surface area (Å²) in [5, 5.41) is 2.14. The number of rotatable bonds is 7. The van der Waals surface area contributed by atoms with E-state index in [1.165, 1.54) is 21.6 Å². The molecule has 194 valence electrons. The summed E-state index contributed by atoms with van der Waals surface area (Å²) in [4.78, 5) is 32.5. The summed E-state index contributed by atoms with van der Waals surface area (Å²) >= 11 is 1.78. The van der Waals surface area contributed by atoms with E-state index in [1.54, 1.807) is 11.3 Å². The van der Waals surface area contributed by atoms with Crippen LogP contribution >= 0.6 is 11.3 Å². The van der Waals surface area contributed by atoms with Crippen molar-refractivity contribution in [1.82, 2.24) is 9.80 Å². The lowest BCUT2D eigenvalue weighted by Gasteiger charge is -2.38. The maximum Gasteiger partial charge on any atom is 0.242 e. The van der Waals surface area contributed by atoms with Crippen LogP contribution in [-0.4, -0.2) is 41.2 Å². The van der Waals surface area contributed by atoms with Crippen molar-refractivity contribution in [2.24, 2.45) is 5.92 Å². The second-order valence-electron chi connectivity index (χ2n) is 11.5. The van der Waals surface area contributed by atoms with Crippen LogP contribution in [-0.2, 0) is 21.4 Å². The van der Waals surface area contributed by atoms with Gasteiger partial charge in [0.1, 0.15) is 0 Å². The second-order valence-corrected chi connectivity index (χ2v) is 12.5. The standard InChI is InChI=1S/C32H38N2O2S/c1-5-17-33(31(36)27-20-26(27)22-9-7-6-8-10-22)21-29(35)34-18-15-28-25(16-19-37-28)30(34)23-11-13-24(14-12-23)32(2,3)4/h6-14,16,19,26-27,30H,5,15,17-18,20-21H2,1-4H3. The minimum atomic E-state index is -0.104. The first-order valence-corrected chi connectivity index (χ1v) is 14.5. The molecule has 1 aromatic heterocycles. The topological polar surface area (TPSA) is 40.6 Å². The van der Waals surface area contributed by atoms with Gasteiger partial charge in [0, 0.05) is 23.9 Å². The van der Waals surface area contributed by atoms with E-state index in [-0.39, 0.29) is 41.7 Å². The van der Waals surface area contributed by atoms with Gasteiger partial charge in [0.05, 0.1) is 12.6 Å². The van der Waals surface area contributed by atoms with Gasteiger partial charge in [-0.25, -0.2) is 0 Å². The van der Waals surface area contributed by atoms with E-state index in [0.717, 1.165) is 24.8 Å². The molecule has 0 saturated heterocycles. The van der Waals surface area contributed by atoms with Gasteiger partial charge in [0.25, 0.3) is 0 Å². The molecule has 5 heteroatoms. The molecule has 3 aromatic rings. The first-order chi connectivity index (χ1) is 17.8. The van der Waals surface area contributed by atoms with Gasteiger partial charge >= 0.3 is 0 Å². The monoisotopic (exact) mass is 514 g/mol. The number of amides is 2. The number of hydrogen-bond acceptors (Lipinski definition) is 3. The third kappa shape index (κ3) is 5.38. The van der Waals surface area contributed by atoms with Gasteiger partial charge in [-0.2, -0.15) is 0 Å². The lowest BCUT2D eigenvalue weighted by atomic mass is 9.85. The molecule has 2 amide bonds. The van der Waals surface area contributed by atoms with Crippen LogP contribution in [0.2, 0.25) is 0 Å². The van der Waals surface area contributed by atoms with E-state index < -0.39 is 0 Å². The lowest BCUT2D eigenvalue weighted by molar-refractivity contribution is -0.142. The predicted molar refractivity (Wildman–Crippen MR) is 151 cm³/mol. The Morgan fingerprint density at radius 1 is 1.00 bits per heavy atom. The number of nitrogens with zero attached hydrogens (tertiary/aromatic N) is 2. The van der Waals surface area contributed by atoms with Gasteiger partial charge in [-0.15, -0.1) is 11.3 Å². The molecule has 4 nitrogen and oxygen atoms in total. The summed E-state index contributed by atoms with van der Waals surface area (Å²) in [6.45, 7) is 10.2. The van der Waals surface area contributed by atoms with Crippen LogP contribution in [0.25, 0.3) is 0 Å².